The number of hydrogen-bond acceptors (Lipinski definition) is 4. The molecule has 0 aromatic heterocycles. The van der Waals surface area contributed by atoms with Gasteiger partial charge in [0.05, 0.1) is 21.3 Å². The highest BCUT2D eigenvalue weighted by Crippen LogP contribution is 2.34. The van der Waals surface area contributed by atoms with Crippen molar-refractivity contribution in [2.24, 2.45) is 0 Å². The third kappa shape index (κ3) is 4.78. The van der Waals surface area contributed by atoms with Crippen LogP contribution >= 0.6 is 17.0 Å². The number of nitrogens with one attached hydrogen (secondary N) is 1. The van der Waals surface area contributed by atoms with Crippen LogP contribution in [0.25, 0.3) is 0 Å². The third-order valence-corrected chi connectivity index (χ3v) is 3.97. The molecule has 0 atom stereocenters. The summed E-state index contributed by atoms with van der Waals surface area (Å²) in [6.07, 6.45) is 6.59. The Morgan fingerprint density at radius 2 is 1.48 bits per heavy atom. The third-order valence-electron chi connectivity index (χ3n) is 3.97. The van der Waals surface area contributed by atoms with Crippen LogP contribution in [-0.4, -0.2) is 27.4 Å². The summed E-state index contributed by atoms with van der Waals surface area (Å²) in [6, 6.07) is 4.51. The molecular weight excluding hydrogens is 334 g/mol. The van der Waals surface area contributed by atoms with Crippen molar-refractivity contribution in [2.45, 2.75) is 44.7 Å². The molecule has 0 unspecified atom stereocenters. The van der Waals surface area contributed by atoms with Crippen LogP contribution in [0.2, 0.25) is 0 Å². The Morgan fingerprint density at radius 3 is 2.05 bits per heavy atom. The van der Waals surface area contributed by atoms with Crippen LogP contribution in [0.15, 0.2) is 12.1 Å². The summed E-state index contributed by atoms with van der Waals surface area (Å²) in [5, 5.41) is 3.63. The van der Waals surface area contributed by atoms with Gasteiger partial charge in [-0.1, -0.05) is 19.3 Å². The smallest absolute Gasteiger partial charge is 0.164 e. The van der Waals surface area contributed by atoms with Crippen LogP contribution in [0.1, 0.15) is 37.7 Å². The lowest BCUT2D eigenvalue weighted by Crippen LogP contribution is -2.30. The van der Waals surface area contributed by atoms with Crippen molar-refractivity contribution in [3.8, 4) is 17.2 Å². The van der Waals surface area contributed by atoms with Gasteiger partial charge < -0.3 is 19.5 Å². The SMILES string of the molecule is Br.COc1cc(OC)c(OC)cc1CNC1CCCCC1. The lowest BCUT2D eigenvalue weighted by Gasteiger charge is -2.23. The molecule has 4 nitrogen and oxygen atoms in total. The van der Waals surface area contributed by atoms with Crippen LogP contribution in [0.5, 0.6) is 17.2 Å². The quantitative estimate of drug-likeness (QED) is 0.840. The van der Waals surface area contributed by atoms with E-state index < -0.39 is 0 Å². The van der Waals surface area contributed by atoms with E-state index in [1.54, 1.807) is 21.3 Å². The number of ether oxygens (including phenoxy) is 3. The van der Waals surface area contributed by atoms with E-state index >= 15 is 0 Å². The second-order valence-corrected chi connectivity index (χ2v) is 5.23. The molecule has 0 amide bonds. The van der Waals surface area contributed by atoms with Crippen molar-refractivity contribution >= 4 is 17.0 Å². The first-order chi connectivity index (χ1) is 9.78. The maximum atomic E-state index is 5.45. The fourth-order valence-corrected chi connectivity index (χ4v) is 2.79. The van der Waals surface area contributed by atoms with E-state index in [9.17, 15) is 0 Å². The zero-order valence-corrected chi connectivity index (χ0v) is 14.8. The van der Waals surface area contributed by atoms with Gasteiger partial charge >= 0.3 is 0 Å². The Balaban J connectivity index is 0.00000220. The summed E-state index contributed by atoms with van der Waals surface area (Å²) in [6.45, 7) is 0.800. The zero-order valence-electron chi connectivity index (χ0n) is 13.1. The first kappa shape index (κ1) is 18.1. The molecule has 1 aromatic rings. The van der Waals surface area contributed by atoms with E-state index in [0.717, 1.165) is 23.6 Å². The van der Waals surface area contributed by atoms with Crippen molar-refractivity contribution in [1.82, 2.24) is 5.32 Å². The van der Waals surface area contributed by atoms with Crippen LogP contribution < -0.4 is 19.5 Å². The summed E-state index contributed by atoms with van der Waals surface area (Å²) in [7, 11) is 4.98. The van der Waals surface area contributed by atoms with E-state index in [-0.39, 0.29) is 17.0 Å². The lowest BCUT2D eigenvalue weighted by atomic mass is 9.95. The van der Waals surface area contributed by atoms with Gasteiger partial charge in [-0.05, 0) is 18.9 Å². The molecule has 1 N–H and O–H groups in total. The predicted octanol–water partition coefficient (Wildman–Crippen LogP) is 3.71. The fourth-order valence-electron chi connectivity index (χ4n) is 2.79. The fraction of sp³-hybridized carbons (Fsp3) is 0.625. The van der Waals surface area contributed by atoms with Crippen LogP contribution in [0.4, 0.5) is 0 Å². The predicted molar refractivity (Wildman–Crippen MR) is 90.1 cm³/mol. The molecule has 5 heteroatoms. The van der Waals surface area contributed by atoms with Gasteiger partial charge in [0.2, 0.25) is 0 Å². The largest absolute Gasteiger partial charge is 0.496 e. The number of hydrogen-bond donors (Lipinski definition) is 1. The Labute approximate surface area is 137 Å². The first-order valence-corrected chi connectivity index (χ1v) is 7.30. The Kier molecular flexibility index (Phi) is 7.89. The number of benzene rings is 1. The van der Waals surface area contributed by atoms with Crippen molar-refractivity contribution in [3.63, 3.8) is 0 Å². The van der Waals surface area contributed by atoms with E-state index in [1.807, 2.05) is 12.1 Å². The molecule has 0 bridgehead atoms. The molecular formula is C16H26BrNO3. The molecule has 1 saturated carbocycles. The molecule has 1 aliphatic carbocycles. The van der Waals surface area contributed by atoms with Crippen molar-refractivity contribution < 1.29 is 14.2 Å². The highest BCUT2D eigenvalue weighted by molar-refractivity contribution is 8.93. The summed E-state index contributed by atoms with van der Waals surface area (Å²) in [4.78, 5) is 0. The van der Waals surface area contributed by atoms with Gasteiger partial charge in [-0.3, -0.25) is 0 Å². The minimum atomic E-state index is 0. The average Bonchev–Trinajstić information content (AvgIpc) is 2.52. The van der Waals surface area contributed by atoms with E-state index in [4.69, 9.17) is 14.2 Å². The summed E-state index contributed by atoms with van der Waals surface area (Å²) in [5.74, 6) is 2.28. The maximum Gasteiger partial charge on any atom is 0.164 e. The van der Waals surface area contributed by atoms with Crippen LogP contribution in [-0.2, 0) is 6.54 Å². The van der Waals surface area contributed by atoms with Gasteiger partial charge in [0.25, 0.3) is 0 Å². The highest BCUT2D eigenvalue weighted by atomic mass is 79.9. The van der Waals surface area contributed by atoms with Crippen molar-refractivity contribution in [2.75, 3.05) is 21.3 Å². The normalized spacial score (nSPS) is 15.2. The molecule has 0 radical (unpaired) electrons. The van der Waals surface area contributed by atoms with E-state index in [2.05, 4.69) is 5.32 Å². The minimum absolute atomic E-state index is 0. The summed E-state index contributed by atoms with van der Waals surface area (Å²) >= 11 is 0. The Morgan fingerprint density at radius 1 is 0.905 bits per heavy atom. The molecule has 1 fully saturated rings. The van der Waals surface area contributed by atoms with Gasteiger partial charge in [0, 0.05) is 24.2 Å². The van der Waals surface area contributed by atoms with Gasteiger partial charge in [0.15, 0.2) is 11.5 Å². The Hall–Kier alpha value is -0.940. The van der Waals surface area contributed by atoms with Crippen molar-refractivity contribution in [1.29, 1.82) is 0 Å². The average molecular weight is 360 g/mol. The van der Waals surface area contributed by atoms with Gasteiger partial charge in [-0.2, -0.15) is 0 Å². The maximum absolute atomic E-state index is 5.45. The number of methoxy groups -OCH3 is 3. The molecule has 0 saturated heterocycles. The number of rotatable bonds is 6. The topological polar surface area (TPSA) is 39.7 Å². The molecule has 0 aliphatic heterocycles. The molecule has 1 aromatic carbocycles. The second-order valence-electron chi connectivity index (χ2n) is 5.23. The number of halogens is 1. The minimum Gasteiger partial charge on any atom is -0.496 e. The molecule has 2 rings (SSSR count). The molecule has 21 heavy (non-hydrogen) atoms. The zero-order chi connectivity index (χ0) is 14.4. The van der Waals surface area contributed by atoms with Crippen LogP contribution in [0.3, 0.4) is 0 Å². The standard InChI is InChI=1S/C16H25NO3.BrH/c1-18-14-10-16(20-3)15(19-2)9-12(14)11-17-13-7-5-4-6-8-13;/h9-10,13,17H,4-8,11H2,1-3H3;1H. The Bertz CT molecular complexity index is 434. The van der Waals surface area contributed by atoms with Gasteiger partial charge in [-0.25, -0.2) is 0 Å². The van der Waals surface area contributed by atoms with E-state index in [1.165, 1.54) is 32.1 Å². The molecule has 120 valence electrons. The first-order valence-electron chi connectivity index (χ1n) is 7.30. The van der Waals surface area contributed by atoms with Gasteiger partial charge in [-0.15, -0.1) is 17.0 Å². The highest BCUT2D eigenvalue weighted by Gasteiger charge is 2.15. The van der Waals surface area contributed by atoms with E-state index in [0.29, 0.717) is 11.8 Å². The summed E-state index contributed by atoms with van der Waals surface area (Å²) in [5.41, 5.74) is 1.11. The van der Waals surface area contributed by atoms with Crippen molar-refractivity contribution in [3.05, 3.63) is 17.7 Å². The summed E-state index contributed by atoms with van der Waals surface area (Å²) < 4.78 is 16.1. The van der Waals surface area contributed by atoms with Gasteiger partial charge in [0.1, 0.15) is 5.75 Å². The second kappa shape index (κ2) is 9.15. The molecule has 0 heterocycles. The monoisotopic (exact) mass is 359 g/mol. The molecule has 1 aliphatic rings. The van der Waals surface area contributed by atoms with Crippen LogP contribution in [0, 0.1) is 0 Å². The lowest BCUT2D eigenvalue weighted by molar-refractivity contribution is 0.343. The molecule has 0 spiro atoms.